The fourth-order valence-corrected chi connectivity index (χ4v) is 4.68. The highest BCUT2D eigenvalue weighted by Gasteiger charge is 2.21. The minimum atomic E-state index is -3.68. The number of aryl methyl sites for hydroxylation is 1. The first-order chi connectivity index (χ1) is 16.5. The molecule has 0 aromatic heterocycles. The first kappa shape index (κ1) is 26.5. The van der Waals surface area contributed by atoms with Gasteiger partial charge in [0.15, 0.2) is 0 Å². The number of benzene rings is 3. The quantitative estimate of drug-likeness (QED) is 0.374. The molecule has 7 nitrogen and oxygen atoms in total. The molecule has 0 fully saturated rings. The van der Waals surface area contributed by atoms with Crippen molar-refractivity contribution in [1.82, 2.24) is 0 Å². The molecule has 35 heavy (non-hydrogen) atoms. The minimum Gasteiger partial charge on any atom is -0.462 e. The summed E-state index contributed by atoms with van der Waals surface area (Å²) in [5.41, 5.74) is 2.68. The standard InChI is InChI=1S/C25H24Cl2N2O5S/c1-4-34-25(31)18-9-8-16(2)23(14-18)28-24(30)17-10-12-19(13-11-17)29(35(3,32)33)15-20-21(26)6-5-7-22(20)27/h5-14H,4,15H2,1-3H3,(H,28,30). The van der Waals surface area contributed by atoms with Crippen molar-refractivity contribution in [2.24, 2.45) is 0 Å². The molecule has 3 rings (SSSR count). The molecule has 0 saturated heterocycles. The maximum Gasteiger partial charge on any atom is 0.338 e. The van der Waals surface area contributed by atoms with Crippen LogP contribution in [-0.2, 0) is 21.3 Å². The topological polar surface area (TPSA) is 92.8 Å². The van der Waals surface area contributed by atoms with Crippen molar-refractivity contribution in [1.29, 1.82) is 0 Å². The first-order valence-electron chi connectivity index (χ1n) is 10.6. The predicted octanol–water partition coefficient (Wildman–Crippen LogP) is 5.70. The molecule has 3 aromatic rings. The third-order valence-electron chi connectivity index (χ3n) is 5.18. The fraction of sp³-hybridized carbons (Fsp3) is 0.200. The monoisotopic (exact) mass is 534 g/mol. The van der Waals surface area contributed by atoms with Gasteiger partial charge in [0, 0.05) is 26.9 Å². The Hall–Kier alpha value is -3.07. The van der Waals surface area contributed by atoms with E-state index in [1.807, 2.05) is 0 Å². The number of nitrogens with one attached hydrogen (secondary N) is 1. The molecule has 0 aliphatic heterocycles. The molecular weight excluding hydrogens is 511 g/mol. The number of anilines is 2. The largest absolute Gasteiger partial charge is 0.462 e. The number of sulfonamides is 1. The van der Waals surface area contributed by atoms with Gasteiger partial charge in [-0.2, -0.15) is 0 Å². The third kappa shape index (κ3) is 6.54. The van der Waals surface area contributed by atoms with Crippen LogP contribution in [0.15, 0.2) is 60.7 Å². The van der Waals surface area contributed by atoms with Gasteiger partial charge in [-0.05, 0) is 67.9 Å². The predicted molar refractivity (Wildman–Crippen MR) is 139 cm³/mol. The normalized spacial score (nSPS) is 11.1. The summed E-state index contributed by atoms with van der Waals surface area (Å²) in [4.78, 5) is 24.9. The molecular formula is C25H24Cl2N2O5S. The minimum absolute atomic E-state index is 0.0667. The molecule has 0 unspecified atom stereocenters. The third-order valence-corrected chi connectivity index (χ3v) is 7.03. The molecule has 1 amide bonds. The summed E-state index contributed by atoms with van der Waals surface area (Å²) >= 11 is 12.5. The van der Waals surface area contributed by atoms with Gasteiger partial charge in [-0.25, -0.2) is 13.2 Å². The van der Waals surface area contributed by atoms with E-state index >= 15 is 0 Å². The maximum atomic E-state index is 12.8. The van der Waals surface area contributed by atoms with Crippen LogP contribution in [0.25, 0.3) is 0 Å². The molecule has 3 aromatic carbocycles. The summed E-state index contributed by atoms with van der Waals surface area (Å²) < 4.78 is 31.2. The number of halogens is 2. The van der Waals surface area contributed by atoms with Crippen LogP contribution < -0.4 is 9.62 Å². The molecule has 0 heterocycles. The lowest BCUT2D eigenvalue weighted by molar-refractivity contribution is 0.0526. The average molecular weight is 535 g/mol. The zero-order valence-corrected chi connectivity index (χ0v) is 21.7. The highest BCUT2D eigenvalue weighted by molar-refractivity contribution is 7.92. The number of carbonyl (C=O) groups is 2. The van der Waals surface area contributed by atoms with Crippen LogP contribution in [0.4, 0.5) is 11.4 Å². The first-order valence-corrected chi connectivity index (χ1v) is 13.2. The molecule has 1 N–H and O–H groups in total. The fourth-order valence-electron chi connectivity index (χ4n) is 3.30. The van der Waals surface area contributed by atoms with Crippen LogP contribution in [-0.4, -0.2) is 33.2 Å². The van der Waals surface area contributed by atoms with Gasteiger partial charge < -0.3 is 10.1 Å². The van der Waals surface area contributed by atoms with E-state index in [1.54, 1.807) is 50.2 Å². The number of esters is 1. The summed E-state index contributed by atoms with van der Waals surface area (Å²) in [7, 11) is -3.68. The Bertz CT molecular complexity index is 1340. The van der Waals surface area contributed by atoms with Gasteiger partial charge in [-0.3, -0.25) is 9.10 Å². The summed E-state index contributed by atoms with van der Waals surface area (Å²) in [6.45, 7) is 3.69. The number of amides is 1. The summed E-state index contributed by atoms with van der Waals surface area (Å²) in [6, 6.07) is 15.9. The molecule has 0 saturated carbocycles. The van der Waals surface area contributed by atoms with Gasteiger partial charge in [0.1, 0.15) is 0 Å². The Labute approximate surface area is 214 Å². The Kier molecular flexibility index (Phi) is 8.43. The zero-order chi connectivity index (χ0) is 25.8. The van der Waals surface area contributed by atoms with E-state index in [2.05, 4.69) is 5.32 Å². The molecule has 0 radical (unpaired) electrons. The molecule has 184 valence electrons. The number of hydrogen-bond acceptors (Lipinski definition) is 5. The Morgan fingerprint density at radius 3 is 2.14 bits per heavy atom. The SMILES string of the molecule is CCOC(=O)c1ccc(C)c(NC(=O)c2ccc(N(Cc3c(Cl)cccc3Cl)S(C)(=O)=O)cc2)c1. The van der Waals surface area contributed by atoms with Gasteiger partial charge in [0.25, 0.3) is 5.91 Å². The molecule has 0 aliphatic carbocycles. The average Bonchev–Trinajstić information content (AvgIpc) is 2.79. The number of nitrogens with zero attached hydrogens (tertiary/aromatic N) is 1. The van der Waals surface area contributed by atoms with Crippen LogP contribution in [0, 0.1) is 6.92 Å². The lowest BCUT2D eigenvalue weighted by atomic mass is 10.1. The van der Waals surface area contributed by atoms with E-state index < -0.39 is 21.9 Å². The van der Waals surface area contributed by atoms with Crippen molar-refractivity contribution in [3.8, 4) is 0 Å². The van der Waals surface area contributed by atoms with E-state index in [9.17, 15) is 18.0 Å². The molecule has 0 bridgehead atoms. The van der Waals surface area contributed by atoms with Crippen LogP contribution in [0.2, 0.25) is 10.0 Å². The number of rotatable bonds is 8. The van der Waals surface area contributed by atoms with Gasteiger partial charge in [0.05, 0.1) is 30.7 Å². The van der Waals surface area contributed by atoms with Gasteiger partial charge in [-0.1, -0.05) is 35.3 Å². The van der Waals surface area contributed by atoms with Crippen LogP contribution in [0.3, 0.4) is 0 Å². The Morgan fingerprint density at radius 2 is 1.57 bits per heavy atom. The van der Waals surface area contributed by atoms with E-state index in [-0.39, 0.29) is 13.2 Å². The van der Waals surface area contributed by atoms with Crippen LogP contribution in [0.1, 0.15) is 38.8 Å². The summed E-state index contributed by atoms with van der Waals surface area (Å²) in [5.74, 6) is -0.896. The molecule has 0 aliphatic rings. The van der Waals surface area contributed by atoms with Crippen LogP contribution >= 0.6 is 23.2 Å². The summed E-state index contributed by atoms with van der Waals surface area (Å²) in [6.07, 6.45) is 1.08. The van der Waals surface area contributed by atoms with Crippen molar-refractivity contribution in [2.45, 2.75) is 20.4 Å². The Balaban J connectivity index is 1.84. The van der Waals surface area contributed by atoms with Crippen LogP contribution in [0.5, 0.6) is 0 Å². The second-order valence-electron chi connectivity index (χ2n) is 7.72. The second-order valence-corrected chi connectivity index (χ2v) is 10.4. The second kappa shape index (κ2) is 11.1. The maximum absolute atomic E-state index is 12.8. The molecule has 0 spiro atoms. The summed E-state index contributed by atoms with van der Waals surface area (Å²) in [5, 5.41) is 3.48. The van der Waals surface area contributed by atoms with Crippen molar-refractivity contribution in [3.63, 3.8) is 0 Å². The van der Waals surface area contributed by atoms with E-state index in [1.165, 1.54) is 24.3 Å². The van der Waals surface area contributed by atoms with Gasteiger partial charge in [0.2, 0.25) is 10.0 Å². The number of ether oxygens (including phenoxy) is 1. The number of carbonyl (C=O) groups excluding carboxylic acids is 2. The zero-order valence-electron chi connectivity index (χ0n) is 19.3. The molecule has 10 heteroatoms. The van der Waals surface area contributed by atoms with E-state index in [0.717, 1.165) is 16.1 Å². The van der Waals surface area contributed by atoms with E-state index in [0.29, 0.717) is 38.1 Å². The van der Waals surface area contributed by atoms with Crippen molar-refractivity contribution >= 4 is 56.5 Å². The van der Waals surface area contributed by atoms with Crippen molar-refractivity contribution in [2.75, 3.05) is 22.5 Å². The highest BCUT2D eigenvalue weighted by atomic mass is 35.5. The van der Waals surface area contributed by atoms with Gasteiger partial charge >= 0.3 is 5.97 Å². The Morgan fingerprint density at radius 1 is 0.971 bits per heavy atom. The lowest BCUT2D eigenvalue weighted by Gasteiger charge is -2.23. The van der Waals surface area contributed by atoms with E-state index in [4.69, 9.17) is 27.9 Å². The highest BCUT2D eigenvalue weighted by Crippen LogP contribution is 2.29. The van der Waals surface area contributed by atoms with Crippen molar-refractivity contribution in [3.05, 3.63) is 93.0 Å². The van der Waals surface area contributed by atoms with Crippen molar-refractivity contribution < 1.29 is 22.7 Å². The molecule has 0 atom stereocenters. The van der Waals surface area contributed by atoms with Gasteiger partial charge in [-0.15, -0.1) is 0 Å². The smallest absolute Gasteiger partial charge is 0.338 e. The lowest BCUT2D eigenvalue weighted by Crippen LogP contribution is -2.29. The number of hydrogen-bond donors (Lipinski definition) is 1.